The molecule has 0 radical (unpaired) electrons. The van der Waals surface area contributed by atoms with Crippen LogP contribution in [-0.2, 0) is 6.42 Å². The summed E-state index contributed by atoms with van der Waals surface area (Å²) in [5, 5.41) is 5.82. The zero-order valence-corrected chi connectivity index (χ0v) is 26.7. The number of rotatable bonds is 4. The molecule has 4 nitrogen and oxygen atoms in total. The summed E-state index contributed by atoms with van der Waals surface area (Å²) in [6.45, 7) is 0. The molecule has 0 N–H and O–H groups in total. The Morgan fingerprint density at radius 2 is 1.29 bits per heavy atom. The zero-order valence-electron chi connectivity index (χ0n) is 25.9. The monoisotopic (exact) mass is 633 g/mol. The fourth-order valence-corrected chi connectivity index (χ4v) is 8.17. The number of thiophene rings is 1. The second-order valence-corrected chi connectivity index (χ2v) is 13.4. The molecular formula is C43H27N3OS. The van der Waals surface area contributed by atoms with Gasteiger partial charge in [0.15, 0.2) is 17.5 Å². The van der Waals surface area contributed by atoms with Crippen LogP contribution >= 0.6 is 11.3 Å². The van der Waals surface area contributed by atoms with Crippen molar-refractivity contribution in [3.05, 3.63) is 145 Å². The lowest BCUT2D eigenvalue weighted by Gasteiger charge is -2.12. The van der Waals surface area contributed by atoms with E-state index in [9.17, 15) is 0 Å². The van der Waals surface area contributed by atoms with Gasteiger partial charge in [0.05, 0.1) is 0 Å². The third kappa shape index (κ3) is 4.47. The van der Waals surface area contributed by atoms with E-state index in [0.717, 1.165) is 68.2 Å². The van der Waals surface area contributed by atoms with E-state index in [0.29, 0.717) is 17.5 Å². The van der Waals surface area contributed by atoms with Crippen molar-refractivity contribution in [2.24, 2.45) is 0 Å². The van der Waals surface area contributed by atoms with E-state index in [1.165, 1.54) is 25.7 Å². The Kier molecular flexibility index (Phi) is 6.14. The second kappa shape index (κ2) is 10.8. The average molecular weight is 634 g/mol. The van der Waals surface area contributed by atoms with E-state index in [2.05, 4.69) is 140 Å². The molecule has 6 aromatic carbocycles. The van der Waals surface area contributed by atoms with E-state index in [-0.39, 0.29) is 0 Å². The standard InChI is InChI=1S/C43H27N3OS/c1-2-10-26(11-3-1)31-23-35(40-34-15-7-9-17-38(34)48-39(40)25-31)43-45-41(29-19-18-27-12-4-5-13-28(27)22-29)44-42(46-43)30-20-21-33-32-14-6-8-16-36(32)47-37(33)24-30/h1-7,9-15,17-25H,8,16H2. The Morgan fingerprint density at radius 1 is 0.542 bits per heavy atom. The van der Waals surface area contributed by atoms with Gasteiger partial charge in [-0.05, 0) is 64.7 Å². The Bertz CT molecular complexity index is 2740. The molecule has 0 saturated heterocycles. The van der Waals surface area contributed by atoms with Crippen molar-refractivity contribution in [1.82, 2.24) is 15.0 Å². The van der Waals surface area contributed by atoms with Crippen molar-refractivity contribution in [1.29, 1.82) is 0 Å². The van der Waals surface area contributed by atoms with Crippen LogP contribution in [0, 0.1) is 0 Å². The number of hydrogen-bond donors (Lipinski definition) is 0. The first-order valence-corrected chi connectivity index (χ1v) is 17.1. The molecule has 0 bridgehead atoms. The molecular weight excluding hydrogens is 607 g/mol. The molecule has 0 saturated carbocycles. The molecule has 9 aromatic rings. The summed E-state index contributed by atoms with van der Waals surface area (Å²) in [4.78, 5) is 15.6. The quantitative estimate of drug-likeness (QED) is 0.193. The summed E-state index contributed by atoms with van der Waals surface area (Å²) in [6.07, 6.45) is 6.32. The van der Waals surface area contributed by atoms with Crippen molar-refractivity contribution in [3.8, 4) is 45.3 Å². The number of hydrogen-bond acceptors (Lipinski definition) is 5. The fraction of sp³-hybridized carbons (Fsp3) is 0.0465. The van der Waals surface area contributed by atoms with Gasteiger partial charge in [-0.1, -0.05) is 103 Å². The SMILES string of the molecule is C1=Cc2c(oc3cc(-c4nc(-c5ccc6ccccc6c5)nc(-c5cc(-c6ccccc6)cc6sc7ccccc7c56)n4)ccc23)CC1. The highest BCUT2D eigenvalue weighted by Crippen LogP contribution is 2.43. The lowest BCUT2D eigenvalue weighted by Crippen LogP contribution is -2.01. The summed E-state index contributed by atoms with van der Waals surface area (Å²) in [7, 11) is 0. The van der Waals surface area contributed by atoms with Gasteiger partial charge in [-0.3, -0.25) is 0 Å². The van der Waals surface area contributed by atoms with E-state index in [1.54, 1.807) is 0 Å². The summed E-state index contributed by atoms with van der Waals surface area (Å²) < 4.78 is 8.82. The number of benzene rings is 6. The average Bonchev–Trinajstić information content (AvgIpc) is 3.72. The van der Waals surface area contributed by atoms with E-state index in [1.807, 2.05) is 11.3 Å². The van der Waals surface area contributed by atoms with Crippen LogP contribution in [0.1, 0.15) is 17.7 Å². The third-order valence-corrected chi connectivity index (χ3v) is 10.5. The van der Waals surface area contributed by atoms with Gasteiger partial charge in [0, 0.05) is 54.2 Å². The Balaban J connectivity index is 1.25. The summed E-state index contributed by atoms with van der Waals surface area (Å²) in [5.41, 5.74) is 7.17. The van der Waals surface area contributed by atoms with E-state index >= 15 is 0 Å². The first kappa shape index (κ1) is 27.2. The molecule has 3 aromatic heterocycles. The molecule has 1 aliphatic carbocycles. The van der Waals surface area contributed by atoms with Crippen LogP contribution in [0.4, 0.5) is 0 Å². The van der Waals surface area contributed by atoms with Gasteiger partial charge in [-0.15, -0.1) is 11.3 Å². The normalized spacial score (nSPS) is 12.8. The van der Waals surface area contributed by atoms with Crippen LogP contribution in [0.5, 0.6) is 0 Å². The Morgan fingerprint density at radius 3 is 2.19 bits per heavy atom. The van der Waals surface area contributed by atoms with E-state index < -0.39 is 0 Å². The van der Waals surface area contributed by atoms with Crippen LogP contribution in [0.25, 0.3) is 93.3 Å². The van der Waals surface area contributed by atoms with Crippen molar-refractivity contribution in [2.45, 2.75) is 12.8 Å². The lowest BCUT2D eigenvalue weighted by atomic mass is 9.98. The highest BCUT2D eigenvalue weighted by Gasteiger charge is 2.20. The van der Waals surface area contributed by atoms with Gasteiger partial charge in [0.25, 0.3) is 0 Å². The number of aryl methyl sites for hydroxylation is 1. The number of fused-ring (bicyclic) bond motifs is 7. The van der Waals surface area contributed by atoms with Gasteiger partial charge in [-0.25, -0.2) is 15.0 Å². The van der Waals surface area contributed by atoms with Gasteiger partial charge in [0.2, 0.25) is 0 Å². The minimum absolute atomic E-state index is 0.618. The fourth-order valence-electron chi connectivity index (χ4n) is 7.00. The first-order valence-electron chi connectivity index (χ1n) is 16.2. The summed E-state index contributed by atoms with van der Waals surface area (Å²) in [5.74, 6) is 2.95. The predicted octanol–water partition coefficient (Wildman–Crippen LogP) is 11.8. The number of aromatic nitrogens is 3. The van der Waals surface area contributed by atoms with Crippen molar-refractivity contribution in [2.75, 3.05) is 0 Å². The topological polar surface area (TPSA) is 51.8 Å². The van der Waals surface area contributed by atoms with Gasteiger partial charge < -0.3 is 4.42 Å². The van der Waals surface area contributed by atoms with Gasteiger partial charge >= 0.3 is 0 Å². The molecule has 0 aliphatic heterocycles. The summed E-state index contributed by atoms with van der Waals surface area (Å²) >= 11 is 1.81. The maximum atomic E-state index is 6.37. The minimum Gasteiger partial charge on any atom is -0.460 e. The Labute approximate surface area is 280 Å². The number of allylic oxidation sites excluding steroid dienone is 1. The molecule has 226 valence electrons. The van der Waals surface area contributed by atoms with E-state index in [4.69, 9.17) is 19.4 Å². The van der Waals surface area contributed by atoms with Crippen molar-refractivity contribution >= 4 is 59.3 Å². The highest BCUT2D eigenvalue weighted by molar-refractivity contribution is 7.26. The van der Waals surface area contributed by atoms with Crippen LogP contribution in [-0.4, -0.2) is 15.0 Å². The predicted molar refractivity (Wildman–Crippen MR) is 199 cm³/mol. The first-order chi connectivity index (χ1) is 23.7. The van der Waals surface area contributed by atoms with Gasteiger partial charge in [-0.2, -0.15) is 0 Å². The number of nitrogens with zero attached hydrogens (tertiary/aromatic N) is 3. The molecule has 0 amide bonds. The van der Waals surface area contributed by atoms with Gasteiger partial charge in [0.1, 0.15) is 11.3 Å². The Hall–Kier alpha value is -5.91. The molecule has 3 heterocycles. The smallest absolute Gasteiger partial charge is 0.164 e. The molecule has 0 fully saturated rings. The van der Waals surface area contributed by atoms with Crippen LogP contribution in [0.3, 0.4) is 0 Å². The summed E-state index contributed by atoms with van der Waals surface area (Å²) in [6, 6.07) is 44.8. The molecule has 1 aliphatic rings. The molecule has 10 rings (SSSR count). The lowest BCUT2D eigenvalue weighted by molar-refractivity contribution is 0.546. The van der Waals surface area contributed by atoms with Crippen molar-refractivity contribution < 1.29 is 4.42 Å². The maximum absolute atomic E-state index is 6.37. The highest BCUT2D eigenvalue weighted by atomic mass is 32.1. The maximum Gasteiger partial charge on any atom is 0.164 e. The largest absolute Gasteiger partial charge is 0.460 e. The molecule has 0 unspecified atom stereocenters. The third-order valence-electron chi connectivity index (χ3n) is 9.36. The molecule has 5 heteroatoms. The molecule has 0 spiro atoms. The van der Waals surface area contributed by atoms with Crippen molar-refractivity contribution in [3.63, 3.8) is 0 Å². The van der Waals surface area contributed by atoms with Crippen LogP contribution in [0.15, 0.2) is 138 Å². The minimum atomic E-state index is 0.618. The molecule has 0 atom stereocenters. The molecule has 48 heavy (non-hydrogen) atoms. The second-order valence-electron chi connectivity index (χ2n) is 12.3. The van der Waals surface area contributed by atoms with Crippen LogP contribution in [0.2, 0.25) is 0 Å². The zero-order chi connectivity index (χ0) is 31.6. The number of furan rings is 1. The van der Waals surface area contributed by atoms with Crippen LogP contribution < -0.4 is 0 Å².